The first-order valence-electron chi connectivity index (χ1n) is 6.87. The molecule has 0 spiro atoms. The van der Waals surface area contributed by atoms with E-state index in [1.165, 1.54) is 12.1 Å². The normalized spacial score (nSPS) is 10.3. The maximum Gasteiger partial charge on any atom is 0.339 e. The lowest BCUT2D eigenvalue weighted by Gasteiger charge is -2.07. The molecule has 0 radical (unpaired) electrons. The van der Waals surface area contributed by atoms with E-state index in [4.69, 9.17) is 9.84 Å². The van der Waals surface area contributed by atoms with Crippen LogP contribution in [0.1, 0.15) is 34.8 Å². The average molecular weight is 286 g/mol. The molecule has 2 aromatic rings. The first kappa shape index (κ1) is 14.9. The first-order valence-corrected chi connectivity index (χ1v) is 6.87. The Bertz CT molecular complexity index is 617. The van der Waals surface area contributed by atoms with Gasteiger partial charge in [-0.05, 0) is 48.2 Å². The molecule has 110 valence electrons. The van der Waals surface area contributed by atoms with Crippen molar-refractivity contribution in [3.8, 4) is 11.5 Å². The zero-order chi connectivity index (χ0) is 15.2. The van der Waals surface area contributed by atoms with E-state index in [1.807, 2.05) is 24.3 Å². The summed E-state index contributed by atoms with van der Waals surface area (Å²) in [5.74, 6) is -0.509. The van der Waals surface area contributed by atoms with Crippen LogP contribution in [0.2, 0.25) is 0 Å². The third-order valence-corrected chi connectivity index (χ3v) is 3.10. The highest BCUT2D eigenvalue weighted by Crippen LogP contribution is 2.21. The SMILES string of the molecule is CCCOc1ccc(Cc2ccc(O)c(C(=O)O)c2)cc1. The van der Waals surface area contributed by atoms with Crippen LogP contribution in [0.4, 0.5) is 0 Å². The van der Waals surface area contributed by atoms with Crippen LogP contribution in [0.3, 0.4) is 0 Å². The molecule has 0 heterocycles. The molecule has 4 nitrogen and oxygen atoms in total. The maximum absolute atomic E-state index is 11.0. The number of hydrogen-bond acceptors (Lipinski definition) is 3. The molecule has 0 unspecified atom stereocenters. The van der Waals surface area contributed by atoms with Crippen molar-refractivity contribution in [3.05, 3.63) is 59.2 Å². The molecule has 0 aliphatic rings. The van der Waals surface area contributed by atoms with Crippen LogP contribution in [0.25, 0.3) is 0 Å². The highest BCUT2D eigenvalue weighted by atomic mass is 16.5. The molecule has 0 aliphatic heterocycles. The van der Waals surface area contributed by atoms with Gasteiger partial charge in [-0.3, -0.25) is 0 Å². The van der Waals surface area contributed by atoms with E-state index in [9.17, 15) is 9.90 Å². The smallest absolute Gasteiger partial charge is 0.339 e. The molecule has 21 heavy (non-hydrogen) atoms. The first-order chi connectivity index (χ1) is 10.1. The second-order valence-corrected chi connectivity index (χ2v) is 4.83. The van der Waals surface area contributed by atoms with Crippen molar-refractivity contribution < 1.29 is 19.7 Å². The minimum Gasteiger partial charge on any atom is -0.507 e. The predicted octanol–water partition coefficient (Wildman–Crippen LogP) is 3.47. The van der Waals surface area contributed by atoms with Crippen LogP contribution >= 0.6 is 0 Å². The monoisotopic (exact) mass is 286 g/mol. The minimum absolute atomic E-state index is 0.0737. The Labute approximate surface area is 123 Å². The number of phenols is 1. The van der Waals surface area contributed by atoms with Gasteiger partial charge in [0.1, 0.15) is 17.1 Å². The summed E-state index contributed by atoms with van der Waals surface area (Å²) >= 11 is 0. The van der Waals surface area contributed by atoms with E-state index in [2.05, 4.69) is 6.92 Å². The van der Waals surface area contributed by atoms with E-state index >= 15 is 0 Å². The number of ether oxygens (including phenoxy) is 1. The Hall–Kier alpha value is -2.49. The molecule has 0 amide bonds. The largest absolute Gasteiger partial charge is 0.507 e. The molecule has 2 rings (SSSR count). The van der Waals surface area contributed by atoms with Crippen molar-refractivity contribution >= 4 is 5.97 Å². The van der Waals surface area contributed by atoms with Gasteiger partial charge in [0.15, 0.2) is 0 Å². The Morgan fingerprint density at radius 2 is 1.76 bits per heavy atom. The topological polar surface area (TPSA) is 66.8 Å². The fourth-order valence-electron chi connectivity index (χ4n) is 2.02. The lowest BCUT2D eigenvalue weighted by molar-refractivity contribution is 0.0693. The summed E-state index contributed by atoms with van der Waals surface area (Å²) in [6.07, 6.45) is 1.57. The minimum atomic E-state index is -1.13. The van der Waals surface area contributed by atoms with E-state index in [-0.39, 0.29) is 11.3 Å². The zero-order valence-electron chi connectivity index (χ0n) is 11.9. The Morgan fingerprint density at radius 1 is 1.10 bits per heavy atom. The second-order valence-electron chi connectivity index (χ2n) is 4.83. The number of aromatic hydroxyl groups is 1. The van der Waals surface area contributed by atoms with E-state index in [0.717, 1.165) is 23.3 Å². The Morgan fingerprint density at radius 3 is 2.38 bits per heavy atom. The van der Waals surface area contributed by atoms with E-state index in [0.29, 0.717) is 13.0 Å². The summed E-state index contributed by atoms with van der Waals surface area (Å²) in [5.41, 5.74) is 1.82. The van der Waals surface area contributed by atoms with Gasteiger partial charge in [-0.25, -0.2) is 4.79 Å². The van der Waals surface area contributed by atoms with Gasteiger partial charge in [0.25, 0.3) is 0 Å². The number of carboxylic acids is 1. The van der Waals surface area contributed by atoms with Gasteiger partial charge in [0, 0.05) is 0 Å². The summed E-state index contributed by atoms with van der Waals surface area (Å²) in [4.78, 5) is 11.0. The van der Waals surface area contributed by atoms with Crippen LogP contribution in [0.15, 0.2) is 42.5 Å². The number of carboxylic acid groups (broad SMARTS) is 1. The fourth-order valence-corrected chi connectivity index (χ4v) is 2.02. The van der Waals surface area contributed by atoms with Gasteiger partial charge < -0.3 is 14.9 Å². The summed E-state index contributed by atoms with van der Waals surface area (Å²) in [7, 11) is 0. The van der Waals surface area contributed by atoms with Crippen LogP contribution in [0.5, 0.6) is 11.5 Å². The van der Waals surface area contributed by atoms with E-state index < -0.39 is 5.97 Å². The maximum atomic E-state index is 11.0. The third-order valence-electron chi connectivity index (χ3n) is 3.10. The molecule has 0 aromatic heterocycles. The highest BCUT2D eigenvalue weighted by molar-refractivity contribution is 5.90. The summed E-state index contributed by atoms with van der Waals surface area (Å²) in [6.45, 7) is 2.75. The molecule has 4 heteroatoms. The van der Waals surface area contributed by atoms with Crippen LogP contribution in [0, 0.1) is 0 Å². The number of benzene rings is 2. The Kier molecular flexibility index (Phi) is 4.82. The number of aromatic carboxylic acids is 1. The summed E-state index contributed by atoms with van der Waals surface area (Å²) in [5, 5.41) is 18.5. The highest BCUT2D eigenvalue weighted by Gasteiger charge is 2.10. The molecule has 0 bridgehead atoms. The molecular formula is C17H18O4. The fraction of sp³-hybridized carbons (Fsp3) is 0.235. The molecular weight excluding hydrogens is 268 g/mol. The lowest BCUT2D eigenvalue weighted by Crippen LogP contribution is -1.99. The molecule has 0 atom stereocenters. The van der Waals surface area contributed by atoms with E-state index in [1.54, 1.807) is 6.07 Å². The number of carbonyl (C=O) groups is 1. The summed E-state index contributed by atoms with van der Waals surface area (Å²) in [6, 6.07) is 12.4. The molecule has 2 aromatic carbocycles. The average Bonchev–Trinajstić information content (AvgIpc) is 2.48. The molecule has 0 saturated carbocycles. The predicted molar refractivity (Wildman–Crippen MR) is 80.1 cm³/mol. The van der Waals surface area contributed by atoms with Gasteiger partial charge in [-0.15, -0.1) is 0 Å². The number of rotatable bonds is 6. The van der Waals surface area contributed by atoms with Gasteiger partial charge in [0.05, 0.1) is 6.61 Å². The van der Waals surface area contributed by atoms with Crippen molar-refractivity contribution in [1.82, 2.24) is 0 Å². The Balaban J connectivity index is 2.11. The summed E-state index contributed by atoms with van der Waals surface area (Å²) < 4.78 is 5.52. The van der Waals surface area contributed by atoms with Crippen molar-refractivity contribution in [1.29, 1.82) is 0 Å². The number of hydrogen-bond donors (Lipinski definition) is 2. The second kappa shape index (κ2) is 6.79. The molecule has 0 aliphatic carbocycles. The van der Waals surface area contributed by atoms with Gasteiger partial charge in [-0.1, -0.05) is 25.1 Å². The van der Waals surface area contributed by atoms with Crippen molar-refractivity contribution in [2.45, 2.75) is 19.8 Å². The quantitative estimate of drug-likeness (QED) is 0.853. The zero-order valence-corrected chi connectivity index (χ0v) is 11.9. The van der Waals surface area contributed by atoms with Gasteiger partial charge >= 0.3 is 5.97 Å². The van der Waals surface area contributed by atoms with Crippen LogP contribution in [-0.4, -0.2) is 22.8 Å². The van der Waals surface area contributed by atoms with Gasteiger partial charge in [0.2, 0.25) is 0 Å². The van der Waals surface area contributed by atoms with Crippen molar-refractivity contribution in [2.75, 3.05) is 6.61 Å². The van der Waals surface area contributed by atoms with Crippen molar-refractivity contribution in [3.63, 3.8) is 0 Å². The van der Waals surface area contributed by atoms with Crippen LogP contribution in [-0.2, 0) is 6.42 Å². The lowest BCUT2D eigenvalue weighted by atomic mass is 10.0. The van der Waals surface area contributed by atoms with Gasteiger partial charge in [-0.2, -0.15) is 0 Å². The third kappa shape index (κ3) is 3.99. The molecule has 2 N–H and O–H groups in total. The molecule has 0 fully saturated rings. The standard InChI is InChI=1S/C17H18O4/c1-2-9-21-14-6-3-12(4-7-14)10-13-5-8-16(18)15(11-13)17(19)20/h3-8,11,18H,2,9-10H2,1H3,(H,19,20). The van der Waals surface area contributed by atoms with Crippen molar-refractivity contribution in [2.24, 2.45) is 0 Å². The molecule has 0 saturated heterocycles. The van der Waals surface area contributed by atoms with Crippen LogP contribution < -0.4 is 4.74 Å².